The molecule has 0 aliphatic carbocycles. The largest absolute Gasteiger partial charge is 0.497 e. The summed E-state index contributed by atoms with van der Waals surface area (Å²) in [6.07, 6.45) is 1.27. The molecule has 1 aliphatic rings. The number of benzene rings is 3. The van der Waals surface area contributed by atoms with Crippen LogP contribution in [0.1, 0.15) is 21.5 Å². The summed E-state index contributed by atoms with van der Waals surface area (Å²) in [6, 6.07) is 15.5. The molecule has 1 aliphatic heterocycles. The van der Waals surface area contributed by atoms with Gasteiger partial charge in [-0.2, -0.15) is 0 Å². The molecule has 10 heteroatoms. The predicted octanol–water partition coefficient (Wildman–Crippen LogP) is 5.41. The molecule has 1 saturated heterocycles. The predicted molar refractivity (Wildman–Crippen MR) is 140 cm³/mol. The van der Waals surface area contributed by atoms with E-state index in [-0.39, 0.29) is 22.6 Å². The fourth-order valence-electron chi connectivity index (χ4n) is 3.43. The minimum absolute atomic E-state index is 0.0988. The molecule has 3 aromatic rings. The number of rotatable bonds is 5. The van der Waals surface area contributed by atoms with E-state index in [9.17, 15) is 19.2 Å². The van der Waals surface area contributed by atoms with Crippen LogP contribution in [0.25, 0.3) is 6.08 Å². The van der Waals surface area contributed by atoms with Crippen molar-refractivity contribution in [2.75, 3.05) is 12.0 Å². The lowest BCUT2D eigenvalue weighted by Gasteiger charge is -2.26. The maximum absolute atomic E-state index is 13.3. The first-order chi connectivity index (χ1) is 17.2. The molecule has 1 heterocycles. The molecule has 0 spiro atoms. The molecule has 0 unspecified atom stereocenters. The molecule has 1 N–H and O–H groups in total. The number of barbiturate groups is 1. The Balaban J connectivity index is 1.75. The van der Waals surface area contributed by atoms with E-state index in [4.69, 9.17) is 9.47 Å². The highest BCUT2D eigenvalue weighted by Crippen LogP contribution is 2.36. The van der Waals surface area contributed by atoms with Crippen molar-refractivity contribution in [3.8, 4) is 11.5 Å². The number of urea groups is 1. The van der Waals surface area contributed by atoms with E-state index in [2.05, 4.69) is 37.2 Å². The van der Waals surface area contributed by atoms with Crippen molar-refractivity contribution in [2.45, 2.75) is 6.92 Å². The highest BCUT2D eigenvalue weighted by molar-refractivity contribution is 9.11. The first-order valence-corrected chi connectivity index (χ1v) is 12.1. The van der Waals surface area contributed by atoms with Crippen molar-refractivity contribution in [3.63, 3.8) is 0 Å². The number of aryl methyl sites for hydroxylation is 1. The molecule has 0 bridgehead atoms. The van der Waals surface area contributed by atoms with Gasteiger partial charge < -0.3 is 9.47 Å². The summed E-state index contributed by atoms with van der Waals surface area (Å²) in [4.78, 5) is 52.1. The number of carbonyl (C=O) groups excluding carboxylic acids is 4. The third-order valence-corrected chi connectivity index (χ3v) is 6.28. The van der Waals surface area contributed by atoms with Crippen molar-refractivity contribution < 1.29 is 28.7 Å². The maximum atomic E-state index is 13.3. The number of hydrogen-bond acceptors (Lipinski definition) is 6. The Bertz CT molecular complexity index is 1430. The van der Waals surface area contributed by atoms with Gasteiger partial charge in [0, 0.05) is 16.1 Å². The summed E-state index contributed by atoms with van der Waals surface area (Å²) < 4.78 is 11.8. The van der Waals surface area contributed by atoms with Gasteiger partial charge in [0.2, 0.25) is 0 Å². The summed E-state index contributed by atoms with van der Waals surface area (Å²) >= 11 is 6.75. The summed E-state index contributed by atoms with van der Waals surface area (Å²) in [6.45, 7) is 1.90. The normalized spacial score (nSPS) is 14.6. The van der Waals surface area contributed by atoms with Crippen LogP contribution in [0.4, 0.5) is 10.5 Å². The van der Waals surface area contributed by atoms with E-state index in [1.54, 1.807) is 48.5 Å². The fraction of sp³-hybridized carbons (Fsp3) is 0.0769. The van der Waals surface area contributed by atoms with E-state index in [1.165, 1.54) is 25.3 Å². The van der Waals surface area contributed by atoms with E-state index >= 15 is 0 Å². The van der Waals surface area contributed by atoms with Crippen LogP contribution in [-0.2, 0) is 9.59 Å². The number of amides is 4. The van der Waals surface area contributed by atoms with Crippen LogP contribution in [0.5, 0.6) is 11.5 Å². The third-order valence-electron chi connectivity index (χ3n) is 5.23. The number of ether oxygens (including phenoxy) is 2. The Kier molecular flexibility index (Phi) is 7.37. The Morgan fingerprint density at radius 1 is 1.00 bits per heavy atom. The highest BCUT2D eigenvalue weighted by atomic mass is 79.9. The second kappa shape index (κ2) is 10.5. The lowest BCUT2D eigenvalue weighted by atomic mass is 10.1. The average molecular weight is 614 g/mol. The van der Waals surface area contributed by atoms with Crippen molar-refractivity contribution in [1.29, 1.82) is 0 Å². The summed E-state index contributed by atoms with van der Waals surface area (Å²) in [7, 11) is 1.45. The Labute approximate surface area is 223 Å². The maximum Gasteiger partial charge on any atom is 0.343 e. The van der Waals surface area contributed by atoms with Gasteiger partial charge in [0.05, 0.1) is 22.8 Å². The van der Waals surface area contributed by atoms with Crippen LogP contribution >= 0.6 is 31.9 Å². The molecule has 36 heavy (non-hydrogen) atoms. The minimum atomic E-state index is -0.892. The standard InChI is InChI=1S/C26H18Br2N2O6/c1-14-6-8-15(9-7-14)25(33)36-22-16(10-17(27)12-21(22)28)11-20-23(31)29-26(34)30(24(20)32)18-4-3-5-19(13-18)35-2/h3-13H,1-2H3,(H,29,31,34)/b20-11-. The molecular weight excluding hydrogens is 596 g/mol. The molecule has 4 rings (SSSR count). The minimum Gasteiger partial charge on any atom is -0.497 e. The van der Waals surface area contributed by atoms with Crippen molar-refractivity contribution in [3.05, 3.63) is 91.9 Å². The molecule has 4 amide bonds. The molecule has 182 valence electrons. The quantitative estimate of drug-likeness (QED) is 0.179. The summed E-state index contributed by atoms with van der Waals surface area (Å²) in [5, 5.41) is 2.17. The first kappa shape index (κ1) is 25.3. The van der Waals surface area contributed by atoms with Gasteiger partial charge in [-0.15, -0.1) is 0 Å². The lowest BCUT2D eigenvalue weighted by molar-refractivity contribution is -0.122. The van der Waals surface area contributed by atoms with Gasteiger partial charge in [-0.3, -0.25) is 14.9 Å². The van der Waals surface area contributed by atoms with Crippen molar-refractivity contribution in [2.24, 2.45) is 0 Å². The SMILES string of the molecule is COc1cccc(N2C(=O)NC(=O)/C(=C/c3cc(Br)cc(Br)c3OC(=O)c3ccc(C)cc3)C2=O)c1. The molecule has 3 aromatic carbocycles. The number of halogens is 2. The van der Waals surface area contributed by atoms with Gasteiger partial charge in [-0.25, -0.2) is 14.5 Å². The lowest BCUT2D eigenvalue weighted by Crippen LogP contribution is -2.54. The number of carbonyl (C=O) groups is 4. The van der Waals surface area contributed by atoms with Crippen molar-refractivity contribution in [1.82, 2.24) is 5.32 Å². The Morgan fingerprint density at radius 2 is 1.72 bits per heavy atom. The number of hydrogen-bond donors (Lipinski definition) is 1. The smallest absolute Gasteiger partial charge is 0.343 e. The van der Waals surface area contributed by atoms with Crippen LogP contribution in [0.2, 0.25) is 0 Å². The molecule has 8 nitrogen and oxygen atoms in total. The zero-order valence-electron chi connectivity index (χ0n) is 19.0. The number of methoxy groups -OCH3 is 1. The van der Waals surface area contributed by atoms with E-state index in [1.807, 2.05) is 6.92 Å². The zero-order valence-corrected chi connectivity index (χ0v) is 22.2. The van der Waals surface area contributed by atoms with E-state index in [0.717, 1.165) is 10.5 Å². The topological polar surface area (TPSA) is 102 Å². The second-order valence-electron chi connectivity index (χ2n) is 7.72. The molecule has 0 atom stereocenters. The van der Waals surface area contributed by atoms with Crippen LogP contribution in [-0.4, -0.2) is 30.9 Å². The van der Waals surface area contributed by atoms with Gasteiger partial charge in [0.15, 0.2) is 5.75 Å². The summed E-state index contributed by atoms with van der Waals surface area (Å²) in [5.41, 5.74) is 1.47. The van der Waals surface area contributed by atoms with Crippen LogP contribution in [0, 0.1) is 6.92 Å². The van der Waals surface area contributed by atoms with Gasteiger partial charge in [0.25, 0.3) is 11.8 Å². The van der Waals surface area contributed by atoms with E-state index in [0.29, 0.717) is 20.3 Å². The highest BCUT2D eigenvalue weighted by Gasteiger charge is 2.37. The van der Waals surface area contributed by atoms with E-state index < -0.39 is 23.8 Å². The third kappa shape index (κ3) is 5.24. The number of anilines is 1. The molecule has 0 aromatic heterocycles. The fourth-order valence-corrected chi connectivity index (χ4v) is 4.77. The zero-order chi connectivity index (χ0) is 26.0. The second-order valence-corrected chi connectivity index (χ2v) is 9.49. The van der Waals surface area contributed by atoms with Crippen LogP contribution in [0.3, 0.4) is 0 Å². The number of esters is 1. The Hall–Kier alpha value is -3.76. The monoisotopic (exact) mass is 612 g/mol. The molecule has 0 radical (unpaired) electrons. The first-order valence-electron chi connectivity index (χ1n) is 10.5. The van der Waals surface area contributed by atoms with Crippen LogP contribution in [0.15, 0.2) is 75.2 Å². The number of imide groups is 2. The molecule has 0 saturated carbocycles. The molecule has 1 fully saturated rings. The Morgan fingerprint density at radius 3 is 2.42 bits per heavy atom. The number of nitrogens with zero attached hydrogens (tertiary/aromatic N) is 1. The van der Waals surface area contributed by atoms with Gasteiger partial charge in [0.1, 0.15) is 11.3 Å². The van der Waals surface area contributed by atoms with Crippen LogP contribution < -0.4 is 19.7 Å². The van der Waals surface area contributed by atoms with Gasteiger partial charge >= 0.3 is 12.0 Å². The van der Waals surface area contributed by atoms with Crippen molar-refractivity contribution >= 4 is 67.4 Å². The molecular formula is C26H18Br2N2O6. The van der Waals surface area contributed by atoms with Gasteiger partial charge in [-0.1, -0.05) is 39.7 Å². The number of nitrogens with one attached hydrogen (secondary N) is 1. The average Bonchev–Trinajstić information content (AvgIpc) is 2.84. The summed E-state index contributed by atoms with van der Waals surface area (Å²) in [5.74, 6) is -1.82. The van der Waals surface area contributed by atoms with Gasteiger partial charge in [-0.05, 0) is 65.3 Å².